The van der Waals surface area contributed by atoms with Gasteiger partial charge in [0, 0.05) is 17.7 Å². The normalized spacial score (nSPS) is 19.1. The zero-order valence-electron chi connectivity index (χ0n) is 14.6. The highest BCUT2D eigenvalue weighted by molar-refractivity contribution is 7.89. The molecule has 0 spiro atoms. The summed E-state index contributed by atoms with van der Waals surface area (Å²) in [6, 6.07) is 13.1. The summed E-state index contributed by atoms with van der Waals surface area (Å²) in [5.74, 6) is -0.939. The van der Waals surface area contributed by atoms with E-state index in [1.54, 1.807) is 42.5 Å². The van der Waals surface area contributed by atoms with Crippen LogP contribution in [0, 0.1) is 0 Å². The molecule has 1 aliphatic heterocycles. The molecular weight excluding hydrogens is 350 g/mol. The molecule has 0 radical (unpaired) electrons. The molecule has 0 N–H and O–H groups in total. The molecule has 136 valence electrons. The van der Waals surface area contributed by atoms with Crippen molar-refractivity contribution >= 4 is 21.6 Å². The first-order valence-electron chi connectivity index (χ1n) is 8.73. The lowest BCUT2D eigenvalue weighted by Gasteiger charge is -2.33. The molecule has 0 fully saturated rings. The van der Waals surface area contributed by atoms with Gasteiger partial charge >= 0.3 is 0 Å². The van der Waals surface area contributed by atoms with Gasteiger partial charge in [0.15, 0.2) is 17.6 Å². The van der Waals surface area contributed by atoms with Crippen LogP contribution in [0.2, 0.25) is 0 Å². The van der Waals surface area contributed by atoms with E-state index in [0.29, 0.717) is 12.0 Å². The number of Topliss-reactive ketones (excluding diaryl/α,β-unsaturated/α-hetero) is 2. The lowest BCUT2D eigenvalue weighted by molar-refractivity contribution is 0.0767. The number of ketones is 2. The molecule has 0 amide bonds. The zero-order valence-corrected chi connectivity index (χ0v) is 15.4. The number of sulfonamides is 1. The maximum absolute atomic E-state index is 13.1. The van der Waals surface area contributed by atoms with Crippen molar-refractivity contribution < 1.29 is 18.0 Å². The Kier molecular flexibility index (Phi) is 5.34. The van der Waals surface area contributed by atoms with E-state index in [1.165, 1.54) is 12.1 Å². The van der Waals surface area contributed by atoms with Crippen molar-refractivity contribution in [2.75, 3.05) is 6.54 Å². The van der Waals surface area contributed by atoms with Crippen LogP contribution in [0.15, 0.2) is 59.5 Å². The fourth-order valence-electron chi connectivity index (χ4n) is 3.22. The third-order valence-corrected chi connectivity index (χ3v) is 6.49. The maximum atomic E-state index is 13.1. The Morgan fingerprint density at radius 1 is 1.00 bits per heavy atom. The Bertz CT molecular complexity index is 922. The summed E-state index contributed by atoms with van der Waals surface area (Å²) >= 11 is 0. The molecular formula is C20H21NO4S. The fraction of sp³-hybridized carbons (Fsp3) is 0.300. The van der Waals surface area contributed by atoms with Crippen molar-refractivity contribution in [1.29, 1.82) is 0 Å². The molecule has 2 aromatic rings. The highest BCUT2D eigenvalue weighted by Crippen LogP contribution is 2.31. The molecule has 2 aromatic carbocycles. The number of hydrogen-bond acceptors (Lipinski definition) is 4. The lowest BCUT2D eigenvalue weighted by atomic mass is 9.95. The predicted molar refractivity (Wildman–Crippen MR) is 98.7 cm³/mol. The maximum Gasteiger partial charge on any atom is 0.244 e. The van der Waals surface area contributed by atoms with E-state index in [9.17, 15) is 18.0 Å². The number of unbranched alkanes of at least 4 members (excludes halogenated alkanes) is 2. The van der Waals surface area contributed by atoms with E-state index in [1.807, 2.05) is 6.92 Å². The first kappa shape index (κ1) is 18.5. The highest BCUT2D eigenvalue weighted by Gasteiger charge is 2.46. The Morgan fingerprint density at radius 2 is 1.65 bits per heavy atom. The van der Waals surface area contributed by atoms with Crippen LogP contribution in [0.3, 0.4) is 0 Å². The molecule has 0 bridgehead atoms. The smallest absolute Gasteiger partial charge is 0.244 e. The van der Waals surface area contributed by atoms with Crippen molar-refractivity contribution in [1.82, 2.24) is 4.31 Å². The molecule has 3 rings (SSSR count). The summed E-state index contributed by atoms with van der Waals surface area (Å²) in [6.45, 7) is 2.16. The van der Waals surface area contributed by atoms with Gasteiger partial charge in [-0.25, -0.2) is 8.42 Å². The molecule has 0 saturated carbocycles. The van der Waals surface area contributed by atoms with Gasteiger partial charge in [-0.15, -0.1) is 0 Å². The van der Waals surface area contributed by atoms with Gasteiger partial charge in [0.25, 0.3) is 0 Å². The third-order valence-electron chi connectivity index (χ3n) is 4.56. The van der Waals surface area contributed by atoms with E-state index >= 15 is 0 Å². The summed E-state index contributed by atoms with van der Waals surface area (Å²) in [5.41, 5.74) is 0.425. The summed E-state index contributed by atoms with van der Waals surface area (Å²) in [5, 5.41) is 0. The second-order valence-electron chi connectivity index (χ2n) is 6.32. The van der Waals surface area contributed by atoms with Crippen LogP contribution in [0.4, 0.5) is 0 Å². The second-order valence-corrected chi connectivity index (χ2v) is 8.18. The minimum absolute atomic E-state index is 0.0152. The van der Waals surface area contributed by atoms with Crippen molar-refractivity contribution in [2.45, 2.75) is 37.1 Å². The van der Waals surface area contributed by atoms with Crippen LogP contribution in [0.1, 0.15) is 46.9 Å². The Labute approximate surface area is 153 Å². The molecule has 0 unspecified atom stereocenters. The van der Waals surface area contributed by atoms with Gasteiger partial charge in [0.2, 0.25) is 10.0 Å². The van der Waals surface area contributed by atoms with E-state index < -0.39 is 27.6 Å². The first-order chi connectivity index (χ1) is 12.5. The van der Waals surface area contributed by atoms with E-state index in [2.05, 4.69) is 0 Å². The van der Waals surface area contributed by atoms with E-state index in [0.717, 1.165) is 17.1 Å². The first-order valence-corrected chi connectivity index (χ1v) is 10.2. The second kappa shape index (κ2) is 7.51. The number of hydrogen-bond donors (Lipinski definition) is 0. The number of benzene rings is 2. The molecule has 5 nitrogen and oxygen atoms in total. The molecule has 0 aliphatic carbocycles. The molecule has 6 heteroatoms. The minimum Gasteiger partial charge on any atom is -0.292 e. The number of carbonyl (C=O) groups excluding carboxylic acids is 2. The summed E-state index contributed by atoms with van der Waals surface area (Å²) in [6.07, 6.45) is 2.34. The van der Waals surface area contributed by atoms with Gasteiger partial charge in [-0.3, -0.25) is 9.59 Å². The van der Waals surface area contributed by atoms with Crippen LogP contribution in [-0.4, -0.2) is 36.9 Å². The zero-order chi connectivity index (χ0) is 18.7. The van der Waals surface area contributed by atoms with E-state index in [-0.39, 0.29) is 17.0 Å². The molecule has 26 heavy (non-hydrogen) atoms. The van der Waals surface area contributed by atoms with Crippen molar-refractivity contribution in [3.63, 3.8) is 0 Å². The molecule has 1 atom stereocenters. The third kappa shape index (κ3) is 3.22. The Morgan fingerprint density at radius 3 is 2.35 bits per heavy atom. The molecule has 1 aliphatic rings. The van der Waals surface area contributed by atoms with Gasteiger partial charge in [-0.05, 0) is 18.6 Å². The van der Waals surface area contributed by atoms with Gasteiger partial charge in [0.1, 0.15) is 0 Å². The number of carbonyl (C=O) groups is 2. The van der Waals surface area contributed by atoms with Crippen molar-refractivity contribution in [3.05, 3.63) is 65.7 Å². The van der Waals surface area contributed by atoms with Crippen molar-refractivity contribution in [2.24, 2.45) is 0 Å². The number of fused-ring (bicyclic) bond motifs is 1. The highest BCUT2D eigenvalue weighted by atomic mass is 32.2. The summed E-state index contributed by atoms with van der Waals surface area (Å²) < 4.78 is 27.3. The SMILES string of the molecule is CCCCCN1[C@H](C(=O)c2ccccc2)C(=O)c2ccccc2S1(=O)=O. The Balaban J connectivity index is 2.10. The molecule has 1 heterocycles. The van der Waals surface area contributed by atoms with E-state index in [4.69, 9.17) is 0 Å². The Hall–Kier alpha value is -2.31. The molecule has 0 saturated heterocycles. The lowest BCUT2D eigenvalue weighted by Crippen LogP contribution is -2.53. The molecule has 0 aromatic heterocycles. The van der Waals surface area contributed by atoms with Crippen LogP contribution in [0.5, 0.6) is 0 Å². The summed E-state index contributed by atoms with van der Waals surface area (Å²) in [4.78, 5) is 26.0. The fourth-order valence-corrected chi connectivity index (χ4v) is 5.00. The summed E-state index contributed by atoms with van der Waals surface area (Å²) in [7, 11) is -3.91. The van der Waals surface area contributed by atoms with Crippen LogP contribution in [-0.2, 0) is 10.0 Å². The van der Waals surface area contributed by atoms with Crippen LogP contribution < -0.4 is 0 Å². The average Bonchev–Trinajstić information content (AvgIpc) is 2.66. The topological polar surface area (TPSA) is 71.5 Å². The van der Waals surface area contributed by atoms with Crippen LogP contribution >= 0.6 is 0 Å². The quantitative estimate of drug-likeness (QED) is 0.444. The van der Waals surface area contributed by atoms with Gasteiger partial charge in [0.05, 0.1) is 4.90 Å². The predicted octanol–water partition coefficient (Wildman–Crippen LogP) is 3.32. The van der Waals surface area contributed by atoms with Gasteiger partial charge in [-0.2, -0.15) is 4.31 Å². The minimum atomic E-state index is -3.91. The average molecular weight is 371 g/mol. The van der Waals surface area contributed by atoms with Gasteiger partial charge < -0.3 is 0 Å². The largest absolute Gasteiger partial charge is 0.292 e. The van der Waals surface area contributed by atoms with Crippen LogP contribution in [0.25, 0.3) is 0 Å². The number of rotatable bonds is 6. The van der Waals surface area contributed by atoms with Gasteiger partial charge in [-0.1, -0.05) is 62.2 Å². The van der Waals surface area contributed by atoms with Crippen molar-refractivity contribution in [3.8, 4) is 0 Å². The standard InChI is InChI=1S/C20H21NO4S/c1-2-3-9-14-21-18(19(22)15-10-5-4-6-11-15)20(23)16-12-7-8-13-17(16)26(21,24)25/h4-8,10-13,18H,2-3,9,14H2,1H3/t18-/m1/s1. The monoisotopic (exact) mass is 371 g/mol. The number of nitrogens with zero attached hydrogens (tertiary/aromatic N) is 1.